The van der Waals surface area contributed by atoms with Gasteiger partial charge in [-0.3, -0.25) is 0 Å². The molecule has 0 saturated heterocycles. The van der Waals surface area contributed by atoms with Crippen molar-refractivity contribution in [3.05, 3.63) is 5.82 Å². The second kappa shape index (κ2) is 4.17. The third-order valence-corrected chi connectivity index (χ3v) is 2.16. The Hall–Kier alpha value is 0.230. The maximum atomic E-state index is 5.92. The molecule has 0 fully saturated rings. The van der Waals surface area contributed by atoms with Gasteiger partial charge in [0.2, 0.25) is 0 Å². The molecule has 1 aromatic heterocycles. The Kier molecular flexibility index (Phi) is 3.63. The van der Waals surface area contributed by atoms with E-state index < -0.39 is 9.17 Å². The Morgan fingerprint density at radius 3 is 2.46 bits per heavy atom. The molecule has 0 bridgehead atoms. The van der Waals surface area contributed by atoms with E-state index in [2.05, 4.69) is 15.5 Å². The molecule has 1 aromatic rings. The summed E-state index contributed by atoms with van der Waals surface area (Å²) < 4.78 is 0.0481. The van der Waals surface area contributed by atoms with Crippen molar-refractivity contribution in [2.24, 2.45) is 7.05 Å². The normalized spacial score (nSPS) is 14.5. The monoisotopic (exact) mass is 262 g/mol. The molecule has 0 saturated carbocycles. The molecule has 13 heavy (non-hydrogen) atoms. The SMILES string of the molecule is Cn1nnnc1C(Cl)CC(Cl)(Cl)Cl. The predicted molar refractivity (Wildman–Crippen MR) is 52.3 cm³/mol. The first-order chi connectivity index (χ1) is 5.90. The van der Waals surface area contributed by atoms with Gasteiger partial charge >= 0.3 is 0 Å². The van der Waals surface area contributed by atoms with Gasteiger partial charge in [-0.1, -0.05) is 34.8 Å². The molecule has 0 radical (unpaired) electrons. The van der Waals surface area contributed by atoms with Gasteiger partial charge in [-0.2, -0.15) is 0 Å². The van der Waals surface area contributed by atoms with Crippen LogP contribution in [0.2, 0.25) is 0 Å². The van der Waals surface area contributed by atoms with Gasteiger partial charge < -0.3 is 0 Å². The topological polar surface area (TPSA) is 43.6 Å². The number of hydrogen-bond acceptors (Lipinski definition) is 3. The van der Waals surface area contributed by atoms with Crippen LogP contribution in [0.4, 0.5) is 0 Å². The first-order valence-electron chi connectivity index (χ1n) is 3.33. The van der Waals surface area contributed by atoms with Crippen LogP contribution in [0.5, 0.6) is 0 Å². The lowest BCUT2D eigenvalue weighted by molar-refractivity contribution is 0.651. The number of hydrogen-bond donors (Lipinski definition) is 0. The Morgan fingerprint density at radius 2 is 2.08 bits per heavy atom. The van der Waals surface area contributed by atoms with Crippen molar-refractivity contribution in [2.75, 3.05) is 0 Å². The first-order valence-corrected chi connectivity index (χ1v) is 4.90. The van der Waals surface area contributed by atoms with Crippen LogP contribution < -0.4 is 0 Å². The minimum absolute atomic E-state index is 0.160. The molecule has 0 amide bonds. The van der Waals surface area contributed by atoms with E-state index in [-0.39, 0.29) is 6.42 Å². The Morgan fingerprint density at radius 1 is 1.46 bits per heavy atom. The van der Waals surface area contributed by atoms with Crippen molar-refractivity contribution < 1.29 is 0 Å². The Bertz CT molecular complexity index is 280. The first kappa shape index (κ1) is 11.3. The number of aromatic nitrogens is 4. The molecule has 0 aromatic carbocycles. The van der Waals surface area contributed by atoms with Crippen LogP contribution in [0.15, 0.2) is 0 Å². The van der Waals surface area contributed by atoms with Crippen LogP contribution in [0, 0.1) is 0 Å². The van der Waals surface area contributed by atoms with E-state index in [0.29, 0.717) is 5.82 Å². The molecule has 0 aliphatic rings. The number of alkyl halides is 4. The highest BCUT2D eigenvalue weighted by Gasteiger charge is 2.27. The molecule has 0 aliphatic heterocycles. The summed E-state index contributed by atoms with van der Waals surface area (Å²) >= 11 is 22.6. The molecule has 1 heterocycles. The highest BCUT2D eigenvalue weighted by molar-refractivity contribution is 6.67. The van der Waals surface area contributed by atoms with Crippen molar-refractivity contribution in [3.63, 3.8) is 0 Å². The van der Waals surface area contributed by atoms with Gasteiger partial charge in [0.25, 0.3) is 0 Å². The van der Waals surface area contributed by atoms with Gasteiger partial charge in [0, 0.05) is 13.5 Å². The lowest BCUT2D eigenvalue weighted by Crippen LogP contribution is -2.10. The molecule has 1 atom stereocenters. The summed E-state index contributed by atoms with van der Waals surface area (Å²) in [5.41, 5.74) is 0. The zero-order valence-electron chi connectivity index (χ0n) is 6.59. The van der Waals surface area contributed by atoms with Gasteiger partial charge in [-0.15, -0.1) is 16.7 Å². The van der Waals surface area contributed by atoms with Gasteiger partial charge in [0.1, 0.15) is 0 Å². The summed E-state index contributed by atoms with van der Waals surface area (Å²) in [6, 6.07) is 0. The zero-order valence-corrected chi connectivity index (χ0v) is 9.61. The highest BCUT2D eigenvalue weighted by atomic mass is 35.6. The smallest absolute Gasteiger partial charge is 0.192 e. The Balaban J connectivity index is 2.69. The number of aryl methyl sites for hydroxylation is 1. The van der Waals surface area contributed by atoms with Gasteiger partial charge in [0.15, 0.2) is 9.62 Å². The second-order valence-electron chi connectivity index (χ2n) is 2.45. The maximum Gasteiger partial charge on any atom is 0.192 e. The molecule has 1 rings (SSSR count). The molecule has 74 valence electrons. The minimum Gasteiger partial charge on any atom is -0.231 e. The molecule has 0 aliphatic carbocycles. The fourth-order valence-corrected chi connectivity index (χ4v) is 1.91. The van der Waals surface area contributed by atoms with Crippen LogP contribution in [0.3, 0.4) is 0 Å². The van der Waals surface area contributed by atoms with E-state index >= 15 is 0 Å². The standard InChI is InChI=1S/C5H6Cl4N4/c1-13-4(10-11-12-13)3(6)2-5(7,8)9/h3H,2H2,1H3. The third-order valence-electron chi connectivity index (χ3n) is 1.34. The average Bonchev–Trinajstić information content (AvgIpc) is 2.30. The van der Waals surface area contributed by atoms with E-state index in [4.69, 9.17) is 46.4 Å². The quantitative estimate of drug-likeness (QED) is 0.769. The summed E-state index contributed by atoms with van der Waals surface area (Å²) in [6.07, 6.45) is 0.160. The molecule has 1 unspecified atom stereocenters. The lowest BCUT2D eigenvalue weighted by atomic mass is 10.3. The minimum atomic E-state index is -1.39. The number of halogens is 4. The Labute approximate surface area is 95.1 Å². The van der Waals surface area contributed by atoms with Crippen LogP contribution >= 0.6 is 46.4 Å². The summed E-state index contributed by atoms with van der Waals surface area (Å²) in [6.45, 7) is 0. The van der Waals surface area contributed by atoms with E-state index in [9.17, 15) is 0 Å². The van der Waals surface area contributed by atoms with Gasteiger partial charge in [-0.25, -0.2) is 4.68 Å². The van der Waals surface area contributed by atoms with Crippen molar-refractivity contribution in [2.45, 2.75) is 15.6 Å². The molecule has 4 nitrogen and oxygen atoms in total. The summed E-state index contributed by atoms with van der Waals surface area (Å²) in [4.78, 5) is 0. The molecular weight excluding hydrogens is 258 g/mol. The van der Waals surface area contributed by atoms with Gasteiger partial charge in [-0.05, 0) is 10.4 Å². The van der Waals surface area contributed by atoms with Crippen LogP contribution in [0.1, 0.15) is 17.6 Å². The number of tetrazole rings is 1. The van der Waals surface area contributed by atoms with Crippen LogP contribution in [0.25, 0.3) is 0 Å². The van der Waals surface area contributed by atoms with E-state index in [1.165, 1.54) is 4.68 Å². The molecular formula is C5H6Cl4N4. The van der Waals surface area contributed by atoms with Gasteiger partial charge in [0.05, 0.1) is 5.38 Å². The zero-order chi connectivity index (χ0) is 10.1. The summed E-state index contributed by atoms with van der Waals surface area (Å²) in [7, 11) is 1.67. The number of rotatable bonds is 2. The van der Waals surface area contributed by atoms with E-state index in [1.807, 2.05) is 0 Å². The summed E-state index contributed by atoms with van der Waals surface area (Å²) in [5, 5.41) is 10.2. The molecule has 0 N–H and O–H groups in total. The van der Waals surface area contributed by atoms with Crippen LogP contribution in [-0.4, -0.2) is 24.0 Å². The fourth-order valence-electron chi connectivity index (χ4n) is 0.796. The van der Waals surface area contributed by atoms with Crippen molar-refractivity contribution in [1.29, 1.82) is 0 Å². The second-order valence-corrected chi connectivity index (χ2v) is 5.49. The molecule has 0 spiro atoms. The van der Waals surface area contributed by atoms with E-state index in [0.717, 1.165) is 0 Å². The van der Waals surface area contributed by atoms with Crippen molar-refractivity contribution >= 4 is 46.4 Å². The fraction of sp³-hybridized carbons (Fsp3) is 0.800. The third kappa shape index (κ3) is 3.46. The lowest BCUT2D eigenvalue weighted by Gasteiger charge is -2.13. The van der Waals surface area contributed by atoms with Crippen molar-refractivity contribution in [3.8, 4) is 0 Å². The number of nitrogens with zero attached hydrogens (tertiary/aromatic N) is 4. The van der Waals surface area contributed by atoms with Crippen LogP contribution in [-0.2, 0) is 7.05 Å². The summed E-state index contributed by atoms with van der Waals surface area (Å²) in [5.74, 6) is 0.480. The predicted octanol–water partition coefficient (Wildman–Crippen LogP) is 2.25. The van der Waals surface area contributed by atoms with Crippen molar-refractivity contribution in [1.82, 2.24) is 20.2 Å². The van der Waals surface area contributed by atoms with E-state index in [1.54, 1.807) is 7.05 Å². The molecule has 8 heteroatoms. The average molecular weight is 264 g/mol. The highest BCUT2D eigenvalue weighted by Crippen LogP contribution is 2.38. The maximum absolute atomic E-state index is 5.92. The largest absolute Gasteiger partial charge is 0.231 e.